The van der Waals surface area contributed by atoms with Gasteiger partial charge in [0.15, 0.2) is 0 Å². The number of hydrogen-bond acceptors (Lipinski definition) is 2. The van der Waals surface area contributed by atoms with Crippen LogP contribution in [0.25, 0.3) is 0 Å². The van der Waals surface area contributed by atoms with Crippen molar-refractivity contribution in [2.45, 2.75) is 19.9 Å². The largest absolute Gasteiger partial charge is 0.466 e. The highest BCUT2D eigenvalue weighted by Gasteiger charge is 2.20. The van der Waals surface area contributed by atoms with E-state index in [9.17, 15) is 0 Å². The predicted molar refractivity (Wildman–Crippen MR) is 73.1 cm³/mol. The molecule has 17 heavy (non-hydrogen) atoms. The van der Waals surface area contributed by atoms with Gasteiger partial charge >= 0.3 is 0 Å². The second kappa shape index (κ2) is 5.52. The molecule has 1 aromatic heterocycles. The lowest BCUT2D eigenvalue weighted by Gasteiger charge is -2.18. The van der Waals surface area contributed by atoms with Crippen LogP contribution in [0, 0.1) is 6.92 Å². The molecular formula is C14H16BrNO. The van der Waals surface area contributed by atoms with E-state index in [4.69, 9.17) is 4.42 Å². The summed E-state index contributed by atoms with van der Waals surface area (Å²) in [5.74, 6) is 0.932. The zero-order chi connectivity index (χ0) is 12.3. The lowest BCUT2D eigenvalue weighted by Crippen LogP contribution is -2.22. The van der Waals surface area contributed by atoms with Crippen molar-refractivity contribution in [3.63, 3.8) is 0 Å². The van der Waals surface area contributed by atoms with Crippen LogP contribution >= 0.6 is 15.9 Å². The molecule has 0 amide bonds. The molecule has 90 valence electrons. The van der Waals surface area contributed by atoms with E-state index in [1.165, 1.54) is 11.1 Å². The van der Waals surface area contributed by atoms with E-state index in [1.54, 1.807) is 6.26 Å². The van der Waals surface area contributed by atoms with E-state index in [-0.39, 0.29) is 6.04 Å². The van der Waals surface area contributed by atoms with Crippen molar-refractivity contribution in [1.29, 1.82) is 0 Å². The van der Waals surface area contributed by atoms with Crippen LogP contribution in [0.3, 0.4) is 0 Å². The molecule has 0 saturated heterocycles. The third kappa shape index (κ3) is 2.61. The second-order valence-corrected chi connectivity index (χ2v) is 4.83. The van der Waals surface area contributed by atoms with Gasteiger partial charge in [0.05, 0.1) is 16.8 Å². The topological polar surface area (TPSA) is 25.2 Å². The minimum atomic E-state index is 0.102. The molecule has 1 aromatic carbocycles. The summed E-state index contributed by atoms with van der Waals surface area (Å²) in [5, 5.41) is 3.46. The Labute approximate surface area is 110 Å². The van der Waals surface area contributed by atoms with Crippen molar-refractivity contribution in [3.05, 3.63) is 58.0 Å². The first-order chi connectivity index (χ1) is 8.24. The Morgan fingerprint density at radius 1 is 1.29 bits per heavy atom. The van der Waals surface area contributed by atoms with Gasteiger partial charge in [0.25, 0.3) is 0 Å². The molecular weight excluding hydrogens is 278 g/mol. The maximum absolute atomic E-state index is 5.58. The molecule has 0 aliphatic carbocycles. The first kappa shape index (κ1) is 12.4. The Balaban J connectivity index is 2.43. The summed E-state index contributed by atoms with van der Waals surface area (Å²) in [4.78, 5) is 0. The Bertz CT molecular complexity index is 492. The molecule has 0 aliphatic heterocycles. The van der Waals surface area contributed by atoms with Crippen molar-refractivity contribution in [1.82, 2.24) is 5.32 Å². The zero-order valence-corrected chi connectivity index (χ0v) is 11.6. The van der Waals surface area contributed by atoms with Gasteiger partial charge in [0.2, 0.25) is 0 Å². The minimum Gasteiger partial charge on any atom is -0.466 e. The number of nitrogens with one attached hydrogen (secondary N) is 1. The number of hydrogen-bond donors (Lipinski definition) is 1. The maximum atomic E-state index is 5.58. The van der Waals surface area contributed by atoms with Crippen LogP contribution in [0.2, 0.25) is 0 Å². The first-order valence-electron chi connectivity index (χ1n) is 5.75. The van der Waals surface area contributed by atoms with E-state index in [2.05, 4.69) is 59.4 Å². The Kier molecular flexibility index (Phi) is 4.02. The lowest BCUT2D eigenvalue weighted by atomic mass is 9.99. The van der Waals surface area contributed by atoms with Gasteiger partial charge in [0, 0.05) is 0 Å². The molecule has 0 saturated carbocycles. The van der Waals surface area contributed by atoms with Crippen molar-refractivity contribution in [3.8, 4) is 0 Å². The van der Waals surface area contributed by atoms with Crippen LogP contribution in [0.1, 0.15) is 29.9 Å². The van der Waals surface area contributed by atoms with Gasteiger partial charge in [-0.25, -0.2) is 0 Å². The Morgan fingerprint density at radius 3 is 2.65 bits per heavy atom. The van der Waals surface area contributed by atoms with Crippen molar-refractivity contribution in [2.75, 3.05) is 6.54 Å². The summed E-state index contributed by atoms with van der Waals surface area (Å²) in [5.41, 5.74) is 2.52. The Hall–Kier alpha value is -1.06. The molecule has 0 bridgehead atoms. The van der Waals surface area contributed by atoms with Crippen molar-refractivity contribution in [2.24, 2.45) is 0 Å². The number of aryl methyl sites for hydroxylation is 1. The molecule has 1 heterocycles. The van der Waals surface area contributed by atoms with E-state index < -0.39 is 0 Å². The molecule has 1 atom stereocenters. The van der Waals surface area contributed by atoms with E-state index in [0.29, 0.717) is 0 Å². The van der Waals surface area contributed by atoms with Crippen LogP contribution in [-0.2, 0) is 0 Å². The van der Waals surface area contributed by atoms with Gasteiger partial charge in [-0.2, -0.15) is 0 Å². The molecule has 2 aromatic rings. The molecule has 0 spiro atoms. The van der Waals surface area contributed by atoms with Gasteiger partial charge in [0.1, 0.15) is 5.76 Å². The molecule has 0 aliphatic rings. The summed E-state index contributed by atoms with van der Waals surface area (Å²) < 4.78 is 6.59. The quantitative estimate of drug-likeness (QED) is 0.920. The summed E-state index contributed by atoms with van der Waals surface area (Å²) in [7, 11) is 0. The van der Waals surface area contributed by atoms with E-state index in [1.807, 2.05) is 6.07 Å². The standard InChI is InChI=1S/C14H16BrNO/c1-3-16-13(14-12(15)8-9-17-14)11-7-5-4-6-10(11)2/h4-9,13,16H,3H2,1-2H3. The lowest BCUT2D eigenvalue weighted by molar-refractivity contribution is 0.449. The highest BCUT2D eigenvalue weighted by atomic mass is 79.9. The zero-order valence-electron chi connectivity index (χ0n) is 10.0. The van der Waals surface area contributed by atoms with Crippen LogP contribution in [0.15, 0.2) is 45.5 Å². The van der Waals surface area contributed by atoms with Gasteiger partial charge in [-0.15, -0.1) is 0 Å². The maximum Gasteiger partial charge on any atom is 0.139 e. The minimum absolute atomic E-state index is 0.102. The Morgan fingerprint density at radius 2 is 2.06 bits per heavy atom. The van der Waals surface area contributed by atoms with Crippen molar-refractivity contribution < 1.29 is 4.42 Å². The molecule has 1 unspecified atom stereocenters. The molecule has 2 nitrogen and oxygen atoms in total. The van der Waals surface area contributed by atoms with E-state index >= 15 is 0 Å². The summed E-state index contributed by atoms with van der Waals surface area (Å²) in [6, 6.07) is 10.4. The molecule has 0 fully saturated rings. The van der Waals surface area contributed by atoms with Gasteiger partial charge in [-0.05, 0) is 46.6 Å². The van der Waals surface area contributed by atoms with Gasteiger partial charge < -0.3 is 9.73 Å². The molecule has 0 radical (unpaired) electrons. The summed E-state index contributed by atoms with van der Waals surface area (Å²) in [6.07, 6.45) is 1.71. The van der Waals surface area contributed by atoms with Crippen LogP contribution in [0.5, 0.6) is 0 Å². The smallest absolute Gasteiger partial charge is 0.139 e. The molecule has 2 rings (SSSR count). The number of rotatable bonds is 4. The third-order valence-corrected chi connectivity index (χ3v) is 3.47. The second-order valence-electron chi connectivity index (χ2n) is 3.98. The van der Waals surface area contributed by atoms with Crippen molar-refractivity contribution >= 4 is 15.9 Å². The fraction of sp³-hybridized carbons (Fsp3) is 0.286. The van der Waals surface area contributed by atoms with Gasteiger partial charge in [-0.1, -0.05) is 31.2 Å². The van der Waals surface area contributed by atoms with Crippen LogP contribution in [0.4, 0.5) is 0 Å². The fourth-order valence-electron chi connectivity index (χ4n) is 1.97. The van der Waals surface area contributed by atoms with Crippen LogP contribution in [-0.4, -0.2) is 6.54 Å². The average molecular weight is 294 g/mol. The summed E-state index contributed by atoms with van der Waals surface area (Å²) in [6.45, 7) is 5.12. The number of halogens is 1. The molecule has 1 N–H and O–H groups in total. The predicted octanol–water partition coefficient (Wildman–Crippen LogP) is 4.05. The van der Waals surface area contributed by atoms with Gasteiger partial charge in [-0.3, -0.25) is 0 Å². The first-order valence-corrected chi connectivity index (χ1v) is 6.55. The number of benzene rings is 1. The third-order valence-electron chi connectivity index (χ3n) is 2.81. The summed E-state index contributed by atoms with van der Waals surface area (Å²) >= 11 is 3.53. The SMILES string of the molecule is CCNC(c1ccccc1C)c1occc1Br. The fourth-order valence-corrected chi connectivity index (χ4v) is 2.40. The highest BCUT2D eigenvalue weighted by molar-refractivity contribution is 9.10. The highest BCUT2D eigenvalue weighted by Crippen LogP contribution is 2.30. The normalized spacial score (nSPS) is 12.6. The number of furan rings is 1. The van der Waals surface area contributed by atoms with Crippen LogP contribution < -0.4 is 5.32 Å². The van der Waals surface area contributed by atoms with E-state index in [0.717, 1.165) is 16.8 Å². The average Bonchev–Trinajstić information content (AvgIpc) is 2.74. The molecule has 3 heteroatoms. The monoisotopic (exact) mass is 293 g/mol.